The van der Waals surface area contributed by atoms with Gasteiger partial charge in [0.15, 0.2) is 5.58 Å². The van der Waals surface area contributed by atoms with E-state index in [0.29, 0.717) is 28.7 Å². The molecule has 0 saturated carbocycles. The molecular formula is C27H23ClN2O4S. The first-order valence-corrected chi connectivity index (χ1v) is 12.7. The summed E-state index contributed by atoms with van der Waals surface area (Å²) in [5, 5.41) is 4.06. The number of carbonyl (C=O) groups is 2. The summed E-state index contributed by atoms with van der Waals surface area (Å²) in [6, 6.07) is 21.2. The third-order valence-corrected chi connectivity index (χ3v) is 7.09. The highest BCUT2D eigenvalue weighted by molar-refractivity contribution is 7.99. The lowest BCUT2D eigenvalue weighted by molar-refractivity contribution is -0.152. The number of benzene rings is 3. The van der Waals surface area contributed by atoms with Crippen LogP contribution in [-0.4, -0.2) is 34.8 Å². The summed E-state index contributed by atoms with van der Waals surface area (Å²) < 4.78 is 11.1. The second-order valence-electron chi connectivity index (χ2n) is 8.43. The Kier molecular flexibility index (Phi) is 6.54. The zero-order valence-electron chi connectivity index (χ0n) is 19.0. The Morgan fingerprint density at radius 3 is 2.57 bits per heavy atom. The van der Waals surface area contributed by atoms with Crippen LogP contribution >= 0.6 is 23.4 Å². The first kappa shape index (κ1) is 23.5. The van der Waals surface area contributed by atoms with Gasteiger partial charge in [0.2, 0.25) is 5.91 Å². The Labute approximate surface area is 212 Å². The number of nitrogens with zero attached hydrogens (tertiary/aromatic N) is 1. The molecular weight excluding hydrogens is 484 g/mol. The molecule has 0 fully saturated rings. The monoisotopic (exact) mass is 506 g/mol. The highest BCUT2D eigenvalue weighted by Crippen LogP contribution is 2.35. The van der Waals surface area contributed by atoms with E-state index in [2.05, 4.69) is 16.4 Å². The molecule has 178 valence electrons. The Morgan fingerprint density at radius 1 is 1.06 bits per heavy atom. The van der Waals surface area contributed by atoms with Crippen molar-refractivity contribution in [1.29, 1.82) is 0 Å². The molecule has 1 aromatic heterocycles. The average molecular weight is 507 g/mol. The SMILES string of the molecule is CCOC(=O)C1(NC(=O)CSc2nc3ccccc3o2)Cc2ccc(-c3ccc(Cl)cc3)cc2C1. The van der Waals surface area contributed by atoms with Gasteiger partial charge in [-0.15, -0.1) is 0 Å². The van der Waals surface area contributed by atoms with Gasteiger partial charge in [-0.3, -0.25) is 4.79 Å². The topological polar surface area (TPSA) is 81.4 Å². The molecule has 0 bridgehead atoms. The molecule has 1 amide bonds. The molecule has 35 heavy (non-hydrogen) atoms. The first-order chi connectivity index (χ1) is 17.0. The number of rotatable bonds is 7. The first-order valence-electron chi connectivity index (χ1n) is 11.3. The van der Waals surface area contributed by atoms with Gasteiger partial charge in [-0.1, -0.05) is 65.8 Å². The second-order valence-corrected chi connectivity index (χ2v) is 9.79. The van der Waals surface area contributed by atoms with Gasteiger partial charge in [-0.2, -0.15) is 0 Å². The van der Waals surface area contributed by atoms with Gasteiger partial charge in [-0.25, -0.2) is 9.78 Å². The number of amides is 1. The normalized spacial score (nSPS) is 16.7. The average Bonchev–Trinajstić information content (AvgIpc) is 3.44. The van der Waals surface area contributed by atoms with E-state index in [0.717, 1.165) is 27.8 Å². The number of hydrogen-bond acceptors (Lipinski definition) is 6. The summed E-state index contributed by atoms with van der Waals surface area (Å²) in [4.78, 5) is 30.4. The van der Waals surface area contributed by atoms with E-state index in [1.165, 1.54) is 11.8 Å². The van der Waals surface area contributed by atoms with Crippen molar-refractivity contribution in [1.82, 2.24) is 10.3 Å². The maximum atomic E-state index is 13.1. The molecule has 1 unspecified atom stereocenters. The Balaban J connectivity index is 1.33. The van der Waals surface area contributed by atoms with Crippen LogP contribution in [0.5, 0.6) is 0 Å². The molecule has 1 heterocycles. The number of ether oxygens (including phenoxy) is 1. The standard InChI is InChI=1S/C27H23ClN2O4S/c1-2-33-25(32)27(30-24(31)16-35-26-29-22-5-3-4-6-23(22)34-26)14-19-8-7-18(13-20(19)15-27)17-9-11-21(28)12-10-17/h3-13H,2,14-16H2,1H3,(H,30,31). The third-order valence-electron chi connectivity index (χ3n) is 6.01. The van der Waals surface area contributed by atoms with Crippen LogP contribution < -0.4 is 5.32 Å². The zero-order chi connectivity index (χ0) is 24.4. The van der Waals surface area contributed by atoms with Crippen LogP contribution in [0.4, 0.5) is 0 Å². The van der Waals surface area contributed by atoms with E-state index in [-0.39, 0.29) is 18.3 Å². The van der Waals surface area contributed by atoms with E-state index in [1.807, 2.05) is 60.7 Å². The Morgan fingerprint density at radius 2 is 1.80 bits per heavy atom. The number of carbonyl (C=O) groups excluding carboxylic acids is 2. The summed E-state index contributed by atoms with van der Waals surface area (Å²) in [5.41, 5.74) is 4.35. The minimum Gasteiger partial charge on any atom is -0.464 e. The largest absolute Gasteiger partial charge is 0.464 e. The summed E-state index contributed by atoms with van der Waals surface area (Å²) >= 11 is 7.22. The van der Waals surface area contributed by atoms with Gasteiger partial charge in [0.25, 0.3) is 5.22 Å². The number of halogens is 1. The van der Waals surface area contributed by atoms with Crippen LogP contribution in [0.2, 0.25) is 5.02 Å². The van der Waals surface area contributed by atoms with Gasteiger partial charge >= 0.3 is 5.97 Å². The van der Waals surface area contributed by atoms with Crippen molar-refractivity contribution < 1.29 is 18.7 Å². The molecule has 3 aromatic carbocycles. The maximum absolute atomic E-state index is 13.1. The number of para-hydroxylation sites is 2. The van der Waals surface area contributed by atoms with Crippen molar-refractivity contribution in [3.63, 3.8) is 0 Å². The quantitative estimate of drug-likeness (QED) is 0.265. The van der Waals surface area contributed by atoms with Gasteiger partial charge in [-0.05, 0) is 53.4 Å². The fraction of sp³-hybridized carbons (Fsp3) is 0.222. The molecule has 1 aliphatic rings. The lowest BCUT2D eigenvalue weighted by Gasteiger charge is -2.27. The van der Waals surface area contributed by atoms with E-state index in [9.17, 15) is 9.59 Å². The fourth-order valence-electron chi connectivity index (χ4n) is 4.39. The van der Waals surface area contributed by atoms with Crippen LogP contribution in [0, 0.1) is 0 Å². The summed E-state index contributed by atoms with van der Waals surface area (Å²) in [7, 11) is 0. The number of oxazole rings is 1. The van der Waals surface area contributed by atoms with Crippen molar-refractivity contribution in [3.8, 4) is 11.1 Å². The fourth-order valence-corrected chi connectivity index (χ4v) is 5.16. The predicted molar refractivity (Wildman–Crippen MR) is 137 cm³/mol. The number of thioether (sulfide) groups is 1. The van der Waals surface area contributed by atoms with Gasteiger partial charge in [0, 0.05) is 17.9 Å². The summed E-state index contributed by atoms with van der Waals surface area (Å²) in [6.45, 7) is 2.00. The molecule has 0 spiro atoms. The van der Waals surface area contributed by atoms with E-state index >= 15 is 0 Å². The lowest BCUT2D eigenvalue weighted by atomic mass is 9.95. The number of esters is 1. The molecule has 4 aromatic rings. The van der Waals surface area contributed by atoms with Gasteiger partial charge in [0.05, 0.1) is 12.4 Å². The van der Waals surface area contributed by atoms with Gasteiger partial charge in [0.1, 0.15) is 11.1 Å². The van der Waals surface area contributed by atoms with E-state index < -0.39 is 11.5 Å². The highest BCUT2D eigenvalue weighted by Gasteiger charge is 2.46. The Hall–Kier alpha value is -3.29. The molecule has 1 aliphatic carbocycles. The number of hydrogen-bond donors (Lipinski definition) is 1. The molecule has 0 aliphatic heterocycles. The van der Waals surface area contributed by atoms with E-state index in [1.54, 1.807) is 6.92 Å². The van der Waals surface area contributed by atoms with Gasteiger partial charge < -0.3 is 14.5 Å². The smallest absolute Gasteiger partial charge is 0.332 e. The molecule has 1 N–H and O–H groups in total. The molecule has 8 heteroatoms. The highest BCUT2D eigenvalue weighted by atomic mass is 35.5. The Bertz CT molecular complexity index is 1370. The van der Waals surface area contributed by atoms with Crippen LogP contribution in [-0.2, 0) is 27.2 Å². The number of aromatic nitrogens is 1. The number of fused-ring (bicyclic) bond motifs is 2. The van der Waals surface area contributed by atoms with Crippen molar-refractivity contribution in [2.45, 2.75) is 30.5 Å². The molecule has 5 rings (SSSR count). The summed E-state index contributed by atoms with van der Waals surface area (Å²) in [5.74, 6) is -0.638. The van der Waals surface area contributed by atoms with Crippen molar-refractivity contribution in [2.24, 2.45) is 0 Å². The molecule has 6 nitrogen and oxygen atoms in total. The molecule has 0 saturated heterocycles. The third kappa shape index (κ3) is 4.92. The minimum atomic E-state index is -1.14. The second kappa shape index (κ2) is 9.76. The van der Waals surface area contributed by atoms with Crippen molar-refractivity contribution >= 4 is 46.3 Å². The van der Waals surface area contributed by atoms with Crippen molar-refractivity contribution in [2.75, 3.05) is 12.4 Å². The van der Waals surface area contributed by atoms with Crippen LogP contribution in [0.1, 0.15) is 18.1 Å². The lowest BCUT2D eigenvalue weighted by Crippen LogP contribution is -2.56. The van der Waals surface area contributed by atoms with E-state index in [4.69, 9.17) is 20.8 Å². The minimum absolute atomic E-state index is 0.0698. The van der Waals surface area contributed by atoms with Crippen LogP contribution in [0.15, 0.2) is 76.4 Å². The maximum Gasteiger partial charge on any atom is 0.332 e. The number of nitrogens with one attached hydrogen (secondary N) is 1. The van der Waals surface area contributed by atoms with Crippen LogP contribution in [0.3, 0.4) is 0 Å². The predicted octanol–water partition coefficient (Wildman–Crippen LogP) is 5.46. The molecule has 1 atom stereocenters. The molecule has 0 radical (unpaired) electrons. The van der Waals surface area contributed by atoms with Crippen LogP contribution in [0.25, 0.3) is 22.2 Å². The van der Waals surface area contributed by atoms with Crippen molar-refractivity contribution in [3.05, 3.63) is 82.9 Å². The summed E-state index contributed by atoms with van der Waals surface area (Å²) in [6.07, 6.45) is 0.739. The zero-order valence-corrected chi connectivity index (χ0v) is 20.6.